The van der Waals surface area contributed by atoms with Crippen LogP contribution in [0.1, 0.15) is 55.3 Å². The molecule has 0 atom stereocenters. The van der Waals surface area contributed by atoms with Gasteiger partial charge in [0, 0.05) is 30.3 Å². The minimum absolute atomic E-state index is 0. The fourth-order valence-electron chi connectivity index (χ4n) is 5.37. The number of rotatable bonds is 7. The van der Waals surface area contributed by atoms with Crippen LogP contribution in [0, 0.1) is 17.7 Å². The highest BCUT2D eigenvalue weighted by Crippen LogP contribution is 2.37. The lowest BCUT2D eigenvalue weighted by Gasteiger charge is -2.32. The first-order valence-electron chi connectivity index (χ1n) is 12.7. The summed E-state index contributed by atoms with van der Waals surface area (Å²) in [5.74, 6) is -0.552. The number of halogens is 4. The van der Waals surface area contributed by atoms with Crippen molar-refractivity contribution in [1.82, 2.24) is 14.9 Å². The fraction of sp³-hybridized carbons (Fsp3) is 0.464. The Morgan fingerprint density at radius 3 is 2.45 bits per heavy atom. The quantitative estimate of drug-likeness (QED) is 0.288. The van der Waals surface area contributed by atoms with Crippen molar-refractivity contribution in [2.24, 2.45) is 11.8 Å². The molecule has 2 heterocycles. The number of hydrogen-bond donors (Lipinski definition) is 2. The predicted octanol–water partition coefficient (Wildman–Crippen LogP) is 7.15. The van der Waals surface area contributed by atoms with Gasteiger partial charge in [-0.15, -0.1) is 24.8 Å². The van der Waals surface area contributed by atoms with Crippen LogP contribution in [0.15, 0.2) is 30.5 Å². The number of aromatic nitrogens is 2. The molecule has 0 saturated heterocycles. The van der Waals surface area contributed by atoms with Crippen molar-refractivity contribution < 1.29 is 14.3 Å². The van der Waals surface area contributed by atoms with Gasteiger partial charge in [0.05, 0.1) is 27.5 Å². The number of phenolic OH excluding ortho intramolecular Hbond substituents is 1. The fourth-order valence-corrected chi connectivity index (χ4v) is 5.58. The van der Waals surface area contributed by atoms with Gasteiger partial charge in [-0.05, 0) is 82.8 Å². The number of benzene rings is 1. The lowest BCUT2D eigenvalue weighted by Crippen LogP contribution is -2.32. The number of fused-ring (bicyclic) bond motifs is 1. The molecule has 5 rings (SSSR count). The van der Waals surface area contributed by atoms with Gasteiger partial charge in [-0.3, -0.25) is 9.78 Å². The third-order valence-corrected chi connectivity index (χ3v) is 7.87. The zero-order valence-corrected chi connectivity index (χ0v) is 23.9. The van der Waals surface area contributed by atoms with E-state index in [4.69, 9.17) is 16.6 Å². The molecule has 2 saturated carbocycles. The minimum Gasteiger partial charge on any atom is -0.504 e. The Labute approximate surface area is 240 Å². The molecule has 0 aliphatic heterocycles. The molecule has 0 bridgehead atoms. The number of carbonyl (C=O) groups excluding carboxylic acids is 1. The van der Waals surface area contributed by atoms with Crippen LogP contribution in [-0.4, -0.2) is 52.4 Å². The number of pyridine rings is 2. The summed E-state index contributed by atoms with van der Waals surface area (Å²) in [6, 6.07) is 6.52. The topological polar surface area (TPSA) is 78.4 Å². The smallest absolute Gasteiger partial charge is 0.170 e. The van der Waals surface area contributed by atoms with Crippen LogP contribution in [0.25, 0.3) is 22.3 Å². The van der Waals surface area contributed by atoms with Crippen molar-refractivity contribution in [3.63, 3.8) is 0 Å². The van der Waals surface area contributed by atoms with E-state index in [-0.39, 0.29) is 47.6 Å². The largest absolute Gasteiger partial charge is 0.504 e. The van der Waals surface area contributed by atoms with Gasteiger partial charge in [0.2, 0.25) is 0 Å². The molecular formula is C28H34Cl3FN4O2. The summed E-state index contributed by atoms with van der Waals surface area (Å²) in [5, 5.41) is 13.3. The molecular weight excluding hydrogens is 550 g/mol. The van der Waals surface area contributed by atoms with Crippen molar-refractivity contribution in [2.45, 2.75) is 51.0 Å². The second kappa shape index (κ2) is 12.8. The molecule has 3 aromatic rings. The second-order valence-electron chi connectivity index (χ2n) is 10.5. The average Bonchev–Trinajstić information content (AvgIpc) is 2.82. The van der Waals surface area contributed by atoms with Crippen LogP contribution >= 0.6 is 36.4 Å². The van der Waals surface area contributed by atoms with E-state index in [9.17, 15) is 14.3 Å². The van der Waals surface area contributed by atoms with E-state index in [0.717, 1.165) is 57.2 Å². The molecule has 0 unspecified atom stereocenters. The first-order chi connectivity index (χ1) is 17.3. The van der Waals surface area contributed by atoms with Crippen molar-refractivity contribution >= 4 is 58.9 Å². The van der Waals surface area contributed by atoms with Crippen LogP contribution in [0.2, 0.25) is 5.02 Å². The van der Waals surface area contributed by atoms with E-state index >= 15 is 0 Å². The lowest BCUT2D eigenvalue weighted by molar-refractivity contribution is 0.0855. The first kappa shape index (κ1) is 30.4. The Bertz CT molecular complexity index is 1270. The van der Waals surface area contributed by atoms with Crippen LogP contribution in [0.3, 0.4) is 0 Å². The van der Waals surface area contributed by atoms with E-state index in [0.29, 0.717) is 33.8 Å². The summed E-state index contributed by atoms with van der Waals surface area (Å²) in [5.41, 5.74) is 3.51. The number of carbonyl (C=O) groups is 1. The van der Waals surface area contributed by atoms with Gasteiger partial charge >= 0.3 is 0 Å². The Morgan fingerprint density at radius 2 is 1.84 bits per heavy atom. The van der Waals surface area contributed by atoms with Crippen LogP contribution < -0.4 is 5.32 Å². The summed E-state index contributed by atoms with van der Waals surface area (Å²) in [7, 11) is 4.23. The van der Waals surface area contributed by atoms with Crippen LogP contribution in [-0.2, 0) is 0 Å². The van der Waals surface area contributed by atoms with Gasteiger partial charge in [0.25, 0.3) is 0 Å². The molecule has 0 amide bonds. The highest BCUT2D eigenvalue weighted by molar-refractivity contribution is 6.32. The van der Waals surface area contributed by atoms with E-state index in [1.165, 1.54) is 12.1 Å². The third-order valence-electron chi connectivity index (χ3n) is 7.59. The van der Waals surface area contributed by atoms with Crippen molar-refractivity contribution in [2.75, 3.05) is 26.0 Å². The molecule has 1 aromatic carbocycles. The van der Waals surface area contributed by atoms with E-state index in [1.807, 2.05) is 6.07 Å². The molecule has 10 heteroatoms. The zero-order chi connectivity index (χ0) is 25.4. The number of aromatic hydroxyl groups is 1. The Balaban J connectivity index is 0.00000200. The lowest BCUT2D eigenvalue weighted by atomic mass is 9.79. The number of phenols is 1. The molecule has 6 nitrogen and oxygen atoms in total. The van der Waals surface area contributed by atoms with E-state index in [1.54, 1.807) is 12.3 Å². The zero-order valence-electron chi connectivity index (χ0n) is 21.5. The molecule has 2 N–H and O–H groups in total. The second-order valence-corrected chi connectivity index (χ2v) is 10.9. The van der Waals surface area contributed by atoms with Crippen LogP contribution in [0.4, 0.5) is 10.1 Å². The van der Waals surface area contributed by atoms with Crippen molar-refractivity contribution in [1.29, 1.82) is 0 Å². The minimum atomic E-state index is -0.806. The number of Topliss-reactive ketones (excluding diaryl/α,β-unsaturated/α-hetero) is 1. The molecule has 0 spiro atoms. The van der Waals surface area contributed by atoms with Crippen LogP contribution in [0.5, 0.6) is 5.75 Å². The number of ketones is 1. The Kier molecular flexibility index (Phi) is 10.2. The normalized spacial score (nSPS) is 19.4. The molecule has 38 heavy (non-hydrogen) atoms. The highest BCUT2D eigenvalue weighted by atomic mass is 35.5. The van der Waals surface area contributed by atoms with E-state index < -0.39 is 11.6 Å². The van der Waals surface area contributed by atoms with Gasteiger partial charge in [-0.1, -0.05) is 18.0 Å². The highest BCUT2D eigenvalue weighted by Gasteiger charge is 2.30. The van der Waals surface area contributed by atoms with E-state index in [2.05, 4.69) is 29.3 Å². The van der Waals surface area contributed by atoms with Gasteiger partial charge in [0.15, 0.2) is 17.3 Å². The molecule has 2 aliphatic carbocycles. The van der Waals surface area contributed by atoms with Gasteiger partial charge in [0.1, 0.15) is 5.52 Å². The maximum absolute atomic E-state index is 14.2. The van der Waals surface area contributed by atoms with Gasteiger partial charge in [-0.2, -0.15) is 0 Å². The predicted molar refractivity (Wildman–Crippen MR) is 156 cm³/mol. The Hall–Kier alpha value is -2.19. The summed E-state index contributed by atoms with van der Waals surface area (Å²) < 4.78 is 14.2. The average molecular weight is 584 g/mol. The Morgan fingerprint density at radius 1 is 1.13 bits per heavy atom. The molecule has 2 aromatic heterocycles. The summed E-state index contributed by atoms with van der Waals surface area (Å²) in [6.45, 7) is 1.09. The molecule has 2 aliphatic rings. The molecule has 206 valence electrons. The summed E-state index contributed by atoms with van der Waals surface area (Å²) in [6.07, 6.45) is 8.89. The monoisotopic (exact) mass is 582 g/mol. The first-order valence-corrected chi connectivity index (χ1v) is 13.1. The summed E-state index contributed by atoms with van der Waals surface area (Å²) >= 11 is 6.02. The van der Waals surface area contributed by atoms with Gasteiger partial charge < -0.3 is 15.3 Å². The third kappa shape index (κ3) is 6.33. The molecule has 2 fully saturated rings. The summed E-state index contributed by atoms with van der Waals surface area (Å²) in [4.78, 5) is 25.0. The maximum atomic E-state index is 14.2. The number of anilines is 1. The molecule has 0 radical (unpaired) electrons. The standard InChI is InChI=1S/C28H32ClFN4O2.2ClH/c1-34(2)15-16-6-8-19(9-7-16)32-25-20(27(35)17-4-3-5-17)14-31-24-11-10-23(33-26(24)25)18-12-21(29)28(36)22(30)13-18;;/h10-14,16-17,19,36H,3-9,15H2,1-2H3,(H,31,32);2*1H. The number of hydrogen-bond acceptors (Lipinski definition) is 6. The SMILES string of the molecule is CN(C)CC1CCC(Nc2c(C(=O)C3CCC3)cnc3ccc(-c4cc(F)c(O)c(Cl)c4)nc23)CC1.Cl.Cl. The van der Waals surface area contributed by atoms with Gasteiger partial charge in [-0.25, -0.2) is 9.37 Å². The van der Waals surface area contributed by atoms with Crippen molar-refractivity contribution in [3.8, 4) is 17.0 Å². The van der Waals surface area contributed by atoms with Crippen molar-refractivity contribution in [3.05, 3.63) is 46.9 Å². The number of nitrogens with one attached hydrogen (secondary N) is 1. The number of nitrogens with zero attached hydrogens (tertiary/aromatic N) is 3. The maximum Gasteiger partial charge on any atom is 0.170 e.